The van der Waals surface area contributed by atoms with Gasteiger partial charge in [0.15, 0.2) is 0 Å². The SMILES string of the molecule is NC(CCC(=O)O)c1c(F)ccc2c1OCCC2. The fourth-order valence-corrected chi connectivity index (χ4v) is 2.19. The van der Waals surface area contributed by atoms with E-state index in [1.54, 1.807) is 6.07 Å². The van der Waals surface area contributed by atoms with Crippen molar-refractivity contribution in [3.05, 3.63) is 29.1 Å². The van der Waals surface area contributed by atoms with Gasteiger partial charge in [-0.25, -0.2) is 4.39 Å². The third-order valence-corrected chi connectivity index (χ3v) is 3.10. The van der Waals surface area contributed by atoms with Gasteiger partial charge in [0.05, 0.1) is 6.61 Å². The molecule has 0 saturated carbocycles. The second kappa shape index (κ2) is 5.35. The molecule has 4 nitrogen and oxygen atoms in total. The van der Waals surface area contributed by atoms with E-state index in [1.165, 1.54) is 6.07 Å². The molecule has 3 N–H and O–H groups in total. The molecule has 0 saturated heterocycles. The minimum atomic E-state index is -0.934. The van der Waals surface area contributed by atoms with Crippen molar-refractivity contribution in [2.45, 2.75) is 31.7 Å². The molecule has 2 rings (SSSR count). The summed E-state index contributed by atoms with van der Waals surface area (Å²) in [4.78, 5) is 10.5. The predicted molar refractivity (Wildman–Crippen MR) is 64.0 cm³/mol. The molecule has 0 fully saturated rings. The summed E-state index contributed by atoms with van der Waals surface area (Å²) in [6.45, 7) is 0.551. The highest BCUT2D eigenvalue weighted by atomic mass is 19.1. The summed E-state index contributed by atoms with van der Waals surface area (Å²) in [5, 5.41) is 8.64. The number of aryl methyl sites for hydroxylation is 1. The average Bonchev–Trinajstić information content (AvgIpc) is 2.36. The zero-order valence-corrected chi connectivity index (χ0v) is 9.99. The van der Waals surface area contributed by atoms with Gasteiger partial charge in [-0.2, -0.15) is 0 Å². The highest BCUT2D eigenvalue weighted by molar-refractivity contribution is 5.66. The third-order valence-electron chi connectivity index (χ3n) is 3.10. The summed E-state index contributed by atoms with van der Waals surface area (Å²) >= 11 is 0. The first-order valence-electron chi connectivity index (χ1n) is 6.01. The first-order chi connectivity index (χ1) is 8.59. The maximum Gasteiger partial charge on any atom is 0.303 e. The van der Waals surface area contributed by atoms with E-state index < -0.39 is 17.8 Å². The standard InChI is InChI=1S/C13H16FNO3/c14-9-4-3-8-2-1-7-18-13(8)12(9)10(15)5-6-11(16)17/h3-4,10H,1-2,5-7,15H2,(H,16,17). The lowest BCUT2D eigenvalue weighted by Crippen LogP contribution is -2.19. The number of hydrogen-bond acceptors (Lipinski definition) is 3. The first kappa shape index (κ1) is 12.8. The van der Waals surface area contributed by atoms with Gasteiger partial charge in [0.2, 0.25) is 0 Å². The topological polar surface area (TPSA) is 72.6 Å². The Bertz CT molecular complexity index is 462. The smallest absolute Gasteiger partial charge is 0.303 e. The van der Waals surface area contributed by atoms with E-state index in [0.717, 1.165) is 18.4 Å². The number of hydrogen-bond donors (Lipinski definition) is 2. The molecule has 1 unspecified atom stereocenters. The molecule has 1 aliphatic heterocycles. The maximum atomic E-state index is 13.8. The maximum absolute atomic E-state index is 13.8. The van der Waals surface area contributed by atoms with Crippen molar-refractivity contribution in [3.8, 4) is 5.75 Å². The van der Waals surface area contributed by atoms with Crippen LogP contribution in [0, 0.1) is 5.82 Å². The summed E-state index contributed by atoms with van der Waals surface area (Å²) in [6.07, 6.45) is 1.87. The summed E-state index contributed by atoms with van der Waals surface area (Å²) in [7, 11) is 0. The number of aliphatic carboxylic acids is 1. The predicted octanol–water partition coefficient (Wildman–Crippen LogP) is 2.02. The van der Waals surface area contributed by atoms with Crippen LogP contribution in [0.2, 0.25) is 0 Å². The molecule has 1 aliphatic rings. The Hall–Kier alpha value is -1.62. The van der Waals surface area contributed by atoms with Crippen LogP contribution in [-0.2, 0) is 11.2 Å². The number of ether oxygens (including phenoxy) is 1. The lowest BCUT2D eigenvalue weighted by Gasteiger charge is -2.23. The van der Waals surface area contributed by atoms with Gasteiger partial charge in [0.1, 0.15) is 11.6 Å². The van der Waals surface area contributed by atoms with Gasteiger partial charge in [0.25, 0.3) is 0 Å². The van der Waals surface area contributed by atoms with Crippen molar-refractivity contribution in [2.24, 2.45) is 5.73 Å². The Labute approximate surface area is 105 Å². The number of fused-ring (bicyclic) bond motifs is 1. The van der Waals surface area contributed by atoms with Crippen LogP contribution in [0.15, 0.2) is 12.1 Å². The van der Waals surface area contributed by atoms with Crippen LogP contribution < -0.4 is 10.5 Å². The molecule has 0 aromatic heterocycles. The first-order valence-corrected chi connectivity index (χ1v) is 6.01. The van der Waals surface area contributed by atoms with Crippen molar-refractivity contribution >= 4 is 5.97 Å². The molecule has 0 bridgehead atoms. The number of halogens is 1. The van der Waals surface area contributed by atoms with Crippen LogP contribution in [0.3, 0.4) is 0 Å². The number of benzene rings is 1. The zero-order valence-electron chi connectivity index (χ0n) is 9.99. The highest BCUT2D eigenvalue weighted by Gasteiger charge is 2.23. The Kier molecular flexibility index (Phi) is 3.81. The van der Waals surface area contributed by atoms with Gasteiger partial charge in [0, 0.05) is 18.0 Å². The van der Waals surface area contributed by atoms with Gasteiger partial charge in [-0.3, -0.25) is 4.79 Å². The lowest BCUT2D eigenvalue weighted by molar-refractivity contribution is -0.137. The number of carboxylic acids is 1. The third kappa shape index (κ3) is 2.61. The molecule has 0 radical (unpaired) electrons. The summed E-state index contributed by atoms with van der Waals surface area (Å²) in [6, 6.07) is 2.44. The van der Waals surface area contributed by atoms with E-state index >= 15 is 0 Å². The van der Waals surface area contributed by atoms with Gasteiger partial charge < -0.3 is 15.6 Å². The Balaban J connectivity index is 2.27. The van der Waals surface area contributed by atoms with E-state index in [9.17, 15) is 9.18 Å². The molecule has 98 valence electrons. The number of carbonyl (C=O) groups is 1. The van der Waals surface area contributed by atoms with Crippen LogP contribution in [0.4, 0.5) is 4.39 Å². The van der Waals surface area contributed by atoms with Crippen molar-refractivity contribution in [1.29, 1.82) is 0 Å². The number of carboxylic acid groups (broad SMARTS) is 1. The quantitative estimate of drug-likeness (QED) is 0.861. The molecule has 1 aromatic rings. The van der Waals surface area contributed by atoms with Crippen LogP contribution >= 0.6 is 0 Å². The van der Waals surface area contributed by atoms with Crippen molar-refractivity contribution in [3.63, 3.8) is 0 Å². The number of rotatable bonds is 4. The summed E-state index contributed by atoms with van der Waals surface area (Å²) < 4.78 is 19.3. The molecule has 0 spiro atoms. The minimum Gasteiger partial charge on any atom is -0.493 e. The van der Waals surface area contributed by atoms with Crippen LogP contribution in [-0.4, -0.2) is 17.7 Å². The highest BCUT2D eigenvalue weighted by Crippen LogP contribution is 2.35. The summed E-state index contributed by atoms with van der Waals surface area (Å²) in [5.74, 6) is -0.843. The monoisotopic (exact) mass is 253 g/mol. The van der Waals surface area contributed by atoms with Crippen molar-refractivity contribution < 1.29 is 19.0 Å². The molecule has 0 amide bonds. The number of nitrogens with two attached hydrogens (primary N) is 1. The molecular weight excluding hydrogens is 237 g/mol. The Morgan fingerprint density at radius 1 is 1.56 bits per heavy atom. The van der Waals surface area contributed by atoms with Crippen molar-refractivity contribution in [1.82, 2.24) is 0 Å². The molecule has 1 heterocycles. The van der Waals surface area contributed by atoms with E-state index in [2.05, 4.69) is 0 Å². The van der Waals surface area contributed by atoms with E-state index in [1.807, 2.05) is 0 Å². The largest absolute Gasteiger partial charge is 0.493 e. The molecule has 18 heavy (non-hydrogen) atoms. The molecule has 0 aliphatic carbocycles. The van der Waals surface area contributed by atoms with E-state index in [0.29, 0.717) is 17.9 Å². The second-order valence-corrected chi connectivity index (χ2v) is 4.44. The fourth-order valence-electron chi connectivity index (χ4n) is 2.19. The molecular formula is C13H16FNO3. The van der Waals surface area contributed by atoms with Gasteiger partial charge in [-0.15, -0.1) is 0 Å². The minimum absolute atomic E-state index is 0.0791. The van der Waals surface area contributed by atoms with Gasteiger partial charge in [-0.1, -0.05) is 6.07 Å². The van der Waals surface area contributed by atoms with Crippen LogP contribution in [0.5, 0.6) is 5.75 Å². The molecule has 1 aromatic carbocycles. The fraction of sp³-hybridized carbons (Fsp3) is 0.462. The van der Waals surface area contributed by atoms with E-state index in [-0.39, 0.29) is 12.8 Å². The second-order valence-electron chi connectivity index (χ2n) is 4.44. The lowest BCUT2D eigenvalue weighted by atomic mass is 9.95. The Morgan fingerprint density at radius 3 is 3.06 bits per heavy atom. The summed E-state index contributed by atoms with van der Waals surface area (Å²) in [5.41, 5.74) is 7.15. The van der Waals surface area contributed by atoms with Crippen LogP contribution in [0.25, 0.3) is 0 Å². The van der Waals surface area contributed by atoms with Gasteiger partial charge >= 0.3 is 5.97 Å². The van der Waals surface area contributed by atoms with Gasteiger partial charge in [-0.05, 0) is 30.9 Å². The normalized spacial score (nSPS) is 15.7. The van der Waals surface area contributed by atoms with E-state index in [4.69, 9.17) is 15.6 Å². The average molecular weight is 253 g/mol. The zero-order chi connectivity index (χ0) is 13.1. The molecule has 5 heteroatoms. The van der Waals surface area contributed by atoms with Crippen LogP contribution in [0.1, 0.15) is 36.4 Å². The Morgan fingerprint density at radius 2 is 2.33 bits per heavy atom. The van der Waals surface area contributed by atoms with Crippen molar-refractivity contribution in [2.75, 3.05) is 6.61 Å². The molecule has 1 atom stereocenters.